The van der Waals surface area contributed by atoms with Gasteiger partial charge in [0.05, 0.1) is 38.6 Å². The minimum Gasteiger partial charge on any atom is -0.394 e. The maximum Gasteiger partial charge on any atom is 0.220 e. The van der Waals surface area contributed by atoms with Gasteiger partial charge in [-0.1, -0.05) is 380 Å². The Balaban J connectivity index is 1.32. The lowest BCUT2D eigenvalue weighted by atomic mass is 9.96. The summed E-state index contributed by atoms with van der Waals surface area (Å²) in [6, 6.07) is -0.901. The fourth-order valence-electron chi connectivity index (χ4n) is 15.3. The molecule has 19 heteroatoms. The molecule has 3 rings (SSSR count). The summed E-state index contributed by atoms with van der Waals surface area (Å²) in [6.07, 6.45) is 77.6. The van der Waals surface area contributed by atoms with Gasteiger partial charge in [-0.3, -0.25) is 4.79 Å². The van der Waals surface area contributed by atoms with Crippen molar-refractivity contribution < 1.29 is 89.4 Å². The van der Waals surface area contributed by atoms with Crippen molar-refractivity contribution in [3.8, 4) is 0 Å². The summed E-state index contributed by atoms with van der Waals surface area (Å²) in [7, 11) is 0. The largest absolute Gasteiger partial charge is 0.394 e. The average Bonchev–Trinajstić information content (AvgIpc) is 0.779. The molecule has 0 aromatic rings. The number of aliphatic hydroxyl groups is 11. The van der Waals surface area contributed by atoms with E-state index in [2.05, 4.69) is 129 Å². The molecule has 12 N–H and O–H groups in total. The van der Waals surface area contributed by atoms with Crippen LogP contribution in [0, 0.1) is 0 Å². The molecular weight excluding hydrogens is 1460 g/mol. The zero-order valence-corrected chi connectivity index (χ0v) is 72.0. The van der Waals surface area contributed by atoms with Gasteiger partial charge in [0.2, 0.25) is 5.91 Å². The Hall–Kier alpha value is -3.55. The van der Waals surface area contributed by atoms with Crippen LogP contribution in [-0.2, 0) is 33.2 Å². The van der Waals surface area contributed by atoms with Crippen LogP contribution in [0.2, 0.25) is 0 Å². The van der Waals surface area contributed by atoms with Crippen LogP contribution in [0.15, 0.2) is 109 Å². The number of aliphatic hydroxyl groups excluding tert-OH is 11. The highest BCUT2D eigenvalue weighted by atomic mass is 16.8. The van der Waals surface area contributed by atoms with E-state index >= 15 is 0 Å². The van der Waals surface area contributed by atoms with E-state index in [0.717, 1.165) is 116 Å². The van der Waals surface area contributed by atoms with Crippen LogP contribution in [0.25, 0.3) is 0 Å². The molecule has 17 atom stereocenters. The lowest BCUT2D eigenvalue weighted by molar-refractivity contribution is -0.379. The molecule has 3 saturated heterocycles. The summed E-state index contributed by atoms with van der Waals surface area (Å²) in [5.74, 6) is -0.249. The zero-order chi connectivity index (χ0) is 83.1. The van der Waals surface area contributed by atoms with Crippen LogP contribution in [0.5, 0.6) is 0 Å². The maximum absolute atomic E-state index is 13.6. The van der Waals surface area contributed by atoms with Crippen LogP contribution in [-0.4, -0.2) is 193 Å². The minimum atomic E-state index is -1.98. The number of carbonyl (C=O) groups is 1. The monoisotopic (exact) mass is 1620 g/mol. The first-order valence-electron chi connectivity index (χ1n) is 46.6. The molecule has 0 aromatic carbocycles. The Kier molecular flexibility index (Phi) is 68.2. The molecule has 3 aliphatic heterocycles. The fraction of sp³-hybridized carbons (Fsp3) is 0.802. The molecule has 0 radical (unpaired) electrons. The molecule has 3 heterocycles. The normalized spacial score (nSPS) is 25.1. The van der Waals surface area contributed by atoms with E-state index in [-0.39, 0.29) is 18.9 Å². The van der Waals surface area contributed by atoms with Crippen molar-refractivity contribution in [2.24, 2.45) is 0 Å². The van der Waals surface area contributed by atoms with Gasteiger partial charge in [-0.15, -0.1) is 0 Å². The Morgan fingerprint density at radius 1 is 0.322 bits per heavy atom. The van der Waals surface area contributed by atoms with Gasteiger partial charge in [-0.2, -0.15) is 0 Å². The third-order valence-corrected chi connectivity index (χ3v) is 22.6. The van der Waals surface area contributed by atoms with Gasteiger partial charge in [0, 0.05) is 6.42 Å². The van der Waals surface area contributed by atoms with Crippen LogP contribution in [0.4, 0.5) is 0 Å². The number of ether oxygens (including phenoxy) is 6. The summed E-state index contributed by atoms with van der Waals surface area (Å²) < 4.78 is 34.6. The van der Waals surface area contributed by atoms with E-state index in [1.807, 2.05) is 0 Å². The summed E-state index contributed by atoms with van der Waals surface area (Å²) in [6.45, 7) is 1.73. The molecular formula is C96H169NO18. The fourth-order valence-corrected chi connectivity index (χ4v) is 15.3. The molecule has 0 aliphatic carbocycles. The summed E-state index contributed by atoms with van der Waals surface area (Å²) in [4.78, 5) is 13.6. The SMILES string of the molecule is CC/C=C\C/C=C\C/C=C\C/C=C\C/C=C\C/C=C\C/C=C\C/C=C\C/C=C\CCCCCCCCCCCC(=O)NC(COC1OC(CO)C(OC2OC(CO)C(OC3OC(CO)C(O)C(O)C3O)C(O)C2O)C(O)C1O)C(O)CCCCCCCCCCCCCCCCCCCCCCCCCCCCCCCCCCC. The van der Waals surface area contributed by atoms with E-state index in [9.17, 15) is 61.0 Å². The van der Waals surface area contributed by atoms with E-state index in [1.165, 1.54) is 212 Å². The van der Waals surface area contributed by atoms with Gasteiger partial charge < -0.3 is 89.9 Å². The molecule has 115 heavy (non-hydrogen) atoms. The lowest BCUT2D eigenvalue weighted by Gasteiger charge is -2.48. The zero-order valence-electron chi connectivity index (χ0n) is 72.0. The Morgan fingerprint density at radius 3 is 0.939 bits per heavy atom. The summed E-state index contributed by atoms with van der Waals surface area (Å²) in [5.41, 5.74) is 0. The number of hydrogen-bond acceptors (Lipinski definition) is 18. The molecule has 0 bridgehead atoms. The van der Waals surface area contributed by atoms with E-state index in [4.69, 9.17) is 28.4 Å². The second-order valence-electron chi connectivity index (χ2n) is 32.7. The predicted molar refractivity (Wildman–Crippen MR) is 466 cm³/mol. The number of nitrogens with one attached hydrogen (secondary N) is 1. The van der Waals surface area contributed by atoms with Crippen molar-refractivity contribution >= 4 is 5.91 Å². The number of carbonyl (C=O) groups excluding carboxylic acids is 1. The topological polar surface area (TPSA) is 307 Å². The van der Waals surface area contributed by atoms with Crippen molar-refractivity contribution in [1.82, 2.24) is 5.32 Å². The smallest absolute Gasteiger partial charge is 0.220 e. The molecule has 19 nitrogen and oxygen atoms in total. The number of amides is 1. The summed E-state index contributed by atoms with van der Waals surface area (Å²) in [5, 5.41) is 121. The van der Waals surface area contributed by atoms with Crippen molar-refractivity contribution in [3.63, 3.8) is 0 Å². The summed E-state index contributed by atoms with van der Waals surface area (Å²) >= 11 is 0. The third kappa shape index (κ3) is 52.4. The molecule has 17 unspecified atom stereocenters. The molecule has 3 aliphatic rings. The van der Waals surface area contributed by atoms with E-state index < -0.39 is 124 Å². The first kappa shape index (κ1) is 106. The van der Waals surface area contributed by atoms with Gasteiger partial charge >= 0.3 is 0 Å². The molecule has 0 saturated carbocycles. The molecule has 666 valence electrons. The standard InChI is InChI=1S/C96H169NO18/c1-3-5-7-9-11-13-15-17-19-21-23-25-27-29-31-33-35-37-38-39-40-42-44-46-48-50-52-54-56-58-60-62-64-66-68-70-72-74-84(102)97-79(80(101)73-71-69-67-65-63-61-59-57-55-53-51-49-47-45-43-41-36-34-32-30-28-26-24-22-20-18-16-14-12-10-8-6-4-2)78-110-94-90(108)87(105)92(82(76-99)112-94)115-96-91(109)88(106)93(83(77-100)113-96)114-95-89(107)86(104)85(103)81(75-98)111-95/h5,7,11,13,17,19,23,25,29,31,35,37,39-40,44,46,50,52,79-83,85-96,98-101,103-109H,3-4,6,8-10,12,14-16,18,20-22,24,26-28,30,32-34,36,38,41-43,45,47-49,51,53-78H2,1-2H3,(H,97,102)/b7-5-,13-11-,19-17-,25-23-,31-29-,37-35-,40-39-,46-44-,52-50-. The minimum absolute atomic E-state index is 0.249. The van der Waals surface area contributed by atoms with E-state index in [1.54, 1.807) is 0 Å². The first-order valence-corrected chi connectivity index (χ1v) is 46.6. The lowest BCUT2D eigenvalue weighted by Crippen LogP contribution is -2.66. The highest BCUT2D eigenvalue weighted by molar-refractivity contribution is 5.76. The molecule has 3 fully saturated rings. The number of unbranched alkanes of at least 4 members (excludes halogenated alkanes) is 41. The first-order chi connectivity index (χ1) is 56.3. The predicted octanol–water partition coefficient (Wildman–Crippen LogP) is 18.4. The highest BCUT2D eigenvalue weighted by Crippen LogP contribution is 2.34. The molecule has 0 spiro atoms. The molecule has 0 aromatic heterocycles. The Morgan fingerprint density at radius 2 is 0.600 bits per heavy atom. The highest BCUT2D eigenvalue weighted by Gasteiger charge is 2.54. The van der Waals surface area contributed by atoms with Crippen LogP contribution < -0.4 is 5.32 Å². The quantitative estimate of drug-likeness (QED) is 0.0199. The Bertz CT molecular complexity index is 2500. The number of allylic oxidation sites excluding steroid dienone is 18. The van der Waals surface area contributed by atoms with Crippen LogP contribution >= 0.6 is 0 Å². The maximum atomic E-state index is 13.6. The van der Waals surface area contributed by atoms with Crippen molar-refractivity contribution in [1.29, 1.82) is 0 Å². The van der Waals surface area contributed by atoms with Crippen LogP contribution in [0.1, 0.15) is 361 Å². The second-order valence-corrected chi connectivity index (χ2v) is 32.7. The number of rotatable bonds is 75. The van der Waals surface area contributed by atoms with E-state index in [0.29, 0.717) is 12.8 Å². The number of hydrogen-bond donors (Lipinski definition) is 12. The van der Waals surface area contributed by atoms with Gasteiger partial charge in [-0.25, -0.2) is 0 Å². The van der Waals surface area contributed by atoms with Gasteiger partial charge in [0.15, 0.2) is 18.9 Å². The van der Waals surface area contributed by atoms with Gasteiger partial charge in [-0.05, 0) is 83.5 Å². The van der Waals surface area contributed by atoms with Crippen molar-refractivity contribution in [3.05, 3.63) is 109 Å². The van der Waals surface area contributed by atoms with Gasteiger partial charge in [0.1, 0.15) is 73.2 Å². The second kappa shape index (κ2) is 74.3. The van der Waals surface area contributed by atoms with Crippen LogP contribution in [0.3, 0.4) is 0 Å². The van der Waals surface area contributed by atoms with Crippen molar-refractivity contribution in [2.75, 3.05) is 26.4 Å². The van der Waals surface area contributed by atoms with Crippen molar-refractivity contribution in [2.45, 2.75) is 465 Å². The third-order valence-electron chi connectivity index (χ3n) is 22.6. The van der Waals surface area contributed by atoms with Gasteiger partial charge in [0.25, 0.3) is 0 Å². The average molecular weight is 1630 g/mol. The Labute approximate surface area is 697 Å². The molecule has 1 amide bonds.